The van der Waals surface area contributed by atoms with E-state index in [1.54, 1.807) is 6.92 Å². The molecule has 2 aromatic rings. The average Bonchev–Trinajstić information content (AvgIpc) is 2.68. The molecular weight excluding hydrogens is 409 g/mol. The quantitative estimate of drug-likeness (QED) is 0.584. The highest BCUT2D eigenvalue weighted by molar-refractivity contribution is 6.40. The Hall–Kier alpha value is -3.01. The number of carbonyl (C=O) groups excluding carboxylic acids is 1. The van der Waals surface area contributed by atoms with Crippen LogP contribution < -0.4 is 0 Å². The highest BCUT2D eigenvalue weighted by Crippen LogP contribution is 2.36. The molecule has 1 amide bonds. The Bertz CT molecular complexity index is 966. The first-order chi connectivity index (χ1) is 13.6. The zero-order chi connectivity index (χ0) is 21.3. The Morgan fingerprint density at radius 1 is 1.34 bits per heavy atom. The van der Waals surface area contributed by atoms with E-state index in [1.165, 1.54) is 40.5 Å². The third-order valence-electron chi connectivity index (χ3n) is 4.51. The number of piperazine rings is 1. The average molecular weight is 425 g/mol. The van der Waals surface area contributed by atoms with Gasteiger partial charge < -0.3 is 9.80 Å². The van der Waals surface area contributed by atoms with E-state index in [2.05, 4.69) is 9.97 Å². The van der Waals surface area contributed by atoms with Crippen LogP contribution in [0.15, 0.2) is 36.8 Å². The van der Waals surface area contributed by atoms with E-state index in [1.807, 2.05) is 0 Å². The van der Waals surface area contributed by atoms with Gasteiger partial charge in [-0.1, -0.05) is 23.7 Å². The molecule has 1 fully saturated rings. The van der Waals surface area contributed by atoms with Gasteiger partial charge in [0.05, 0.1) is 16.8 Å². The lowest BCUT2D eigenvalue weighted by molar-refractivity contribution is -0.137. The van der Waals surface area contributed by atoms with Crippen molar-refractivity contribution in [1.29, 1.82) is 10.8 Å². The standard InChI is InChI=1S/C18H16ClF3N6O/c1-10-8-28(15(23)13-7-25-5-6-26-13)16(24)17(29)27(10)9-11-3-2-4-12(14(11)19)18(20,21)22/h2-7,10,23-24H,8-9H2,1H3. The summed E-state index contributed by atoms with van der Waals surface area (Å²) in [7, 11) is 0. The number of benzene rings is 1. The number of hydrogen-bond donors (Lipinski definition) is 2. The fourth-order valence-corrected chi connectivity index (χ4v) is 3.29. The first-order valence-electron chi connectivity index (χ1n) is 8.47. The van der Waals surface area contributed by atoms with Crippen molar-refractivity contribution in [2.75, 3.05) is 6.54 Å². The van der Waals surface area contributed by atoms with Crippen LogP contribution in [0.5, 0.6) is 0 Å². The molecule has 2 heterocycles. The molecule has 11 heteroatoms. The molecule has 152 valence electrons. The molecule has 1 unspecified atom stereocenters. The van der Waals surface area contributed by atoms with Crippen LogP contribution >= 0.6 is 11.6 Å². The van der Waals surface area contributed by atoms with Crippen LogP contribution in [-0.2, 0) is 17.5 Å². The SMILES string of the molecule is CC1CN(C(=N)c2cnccn2)C(=N)C(=O)N1Cc1cccc(C(F)(F)F)c1Cl. The predicted octanol–water partition coefficient (Wildman–Crippen LogP) is 3.18. The maximum atomic E-state index is 13.1. The molecule has 1 aromatic carbocycles. The van der Waals surface area contributed by atoms with Crippen LogP contribution in [0.25, 0.3) is 0 Å². The number of nitrogens with zero attached hydrogens (tertiary/aromatic N) is 4. The van der Waals surface area contributed by atoms with Crippen molar-refractivity contribution in [3.63, 3.8) is 0 Å². The number of hydrogen-bond acceptors (Lipinski definition) is 5. The lowest BCUT2D eigenvalue weighted by atomic mass is 10.1. The van der Waals surface area contributed by atoms with E-state index in [9.17, 15) is 18.0 Å². The zero-order valence-electron chi connectivity index (χ0n) is 15.2. The van der Waals surface area contributed by atoms with E-state index in [4.69, 9.17) is 22.4 Å². The van der Waals surface area contributed by atoms with Crippen molar-refractivity contribution in [3.05, 3.63) is 58.6 Å². The molecule has 1 aromatic heterocycles. The third-order valence-corrected chi connectivity index (χ3v) is 4.96. The van der Waals surface area contributed by atoms with Crippen molar-refractivity contribution in [1.82, 2.24) is 19.8 Å². The van der Waals surface area contributed by atoms with Gasteiger partial charge in [0.2, 0.25) is 0 Å². The summed E-state index contributed by atoms with van der Waals surface area (Å²) in [5.41, 5.74) is -0.645. The summed E-state index contributed by atoms with van der Waals surface area (Å²) >= 11 is 5.93. The van der Waals surface area contributed by atoms with Gasteiger partial charge in [-0.25, -0.2) is 4.98 Å². The molecule has 3 rings (SSSR count). The Morgan fingerprint density at radius 3 is 2.69 bits per heavy atom. The largest absolute Gasteiger partial charge is 0.417 e. The number of nitrogens with one attached hydrogen (secondary N) is 2. The summed E-state index contributed by atoms with van der Waals surface area (Å²) in [6, 6.07) is 3.03. The second-order valence-electron chi connectivity index (χ2n) is 6.46. The molecule has 0 saturated carbocycles. The lowest BCUT2D eigenvalue weighted by Crippen LogP contribution is -2.59. The fraction of sp³-hybridized carbons (Fsp3) is 0.278. The van der Waals surface area contributed by atoms with Crippen LogP contribution in [0, 0.1) is 10.8 Å². The van der Waals surface area contributed by atoms with Gasteiger partial charge in [-0.3, -0.25) is 20.6 Å². The summed E-state index contributed by atoms with van der Waals surface area (Å²) in [6.07, 6.45) is -0.434. The molecule has 2 N–H and O–H groups in total. The number of alkyl halides is 3. The highest BCUT2D eigenvalue weighted by atomic mass is 35.5. The minimum atomic E-state index is -4.61. The van der Waals surface area contributed by atoms with E-state index in [0.29, 0.717) is 0 Å². The van der Waals surface area contributed by atoms with Crippen molar-refractivity contribution < 1.29 is 18.0 Å². The van der Waals surface area contributed by atoms with Gasteiger partial charge in [-0.05, 0) is 18.6 Å². The molecule has 1 aliphatic rings. The molecule has 1 atom stereocenters. The summed E-state index contributed by atoms with van der Waals surface area (Å²) in [5.74, 6) is -1.34. The van der Waals surface area contributed by atoms with Crippen LogP contribution in [0.3, 0.4) is 0 Å². The number of halogens is 4. The summed E-state index contributed by atoms with van der Waals surface area (Å²) in [4.78, 5) is 23.1. The topological polar surface area (TPSA) is 97.0 Å². The molecule has 29 heavy (non-hydrogen) atoms. The number of amidine groups is 2. The van der Waals surface area contributed by atoms with Gasteiger partial charge in [0, 0.05) is 31.5 Å². The predicted molar refractivity (Wildman–Crippen MR) is 99.8 cm³/mol. The number of aromatic nitrogens is 2. The maximum absolute atomic E-state index is 13.1. The monoisotopic (exact) mass is 424 g/mol. The second kappa shape index (κ2) is 7.78. The molecule has 0 spiro atoms. The molecule has 0 aliphatic carbocycles. The van der Waals surface area contributed by atoms with Crippen molar-refractivity contribution in [2.45, 2.75) is 25.7 Å². The van der Waals surface area contributed by atoms with Gasteiger partial charge >= 0.3 is 6.18 Å². The van der Waals surface area contributed by atoms with Gasteiger partial charge in [0.25, 0.3) is 5.91 Å². The number of rotatable bonds is 3. The Labute approximate surface area is 169 Å². The molecule has 1 aliphatic heterocycles. The van der Waals surface area contributed by atoms with E-state index in [0.717, 1.165) is 6.07 Å². The normalized spacial score (nSPS) is 17.6. The molecule has 0 bridgehead atoms. The third kappa shape index (κ3) is 4.07. The first-order valence-corrected chi connectivity index (χ1v) is 8.85. The summed E-state index contributed by atoms with van der Waals surface area (Å²) in [6.45, 7) is 1.61. The summed E-state index contributed by atoms with van der Waals surface area (Å²) in [5, 5.41) is 15.9. The zero-order valence-corrected chi connectivity index (χ0v) is 15.9. The molecule has 1 saturated heterocycles. The fourth-order valence-electron chi connectivity index (χ4n) is 3.00. The smallest absolute Gasteiger partial charge is 0.327 e. The summed E-state index contributed by atoms with van der Waals surface area (Å²) < 4.78 is 39.3. The Morgan fingerprint density at radius 2 is 2.07 bits per heavy atom. The van der Waals surface area contributed by atoms with Crippen molar-refractivity contribution in [2.24, 2.45) is 0 Å². The van der Waals surface area contributed by atoms with Gasteiger partial charge in [0.1, 0.15) is 5.69 Å². The van der Waals surface area contributed by atoms with Crippen molar-refractivity contribution in [3.8, 4) is 0 Å². The molecule has 0 radical (unpaired) electrons. The maximum Gasteiger partial charge on any atom is 0.417 e. The minimum absolute atomic E-state index is 0.108. The van der Waals surface area contributed by atoms with Gasteiger partial charge in [-0.2, -0.15) is 13.2 Å². The van der Waals surface area contributed by atoms with E-state index in [-0.39, 0.29) is 30.2 Å². The first kappa shape index (κ1) is 20.7. The Balaban J connectivity index is 1.83. The van der Waals surface area contributed by atoms with Crippen LogP contribution in [0.4, 0.5) is 13.2 Å². The Kier molecular flexibility index (Phi) is 5.56. The molecular formula is C18H16ClF3N6O. The van der Waals surface area contributed by atoms with Gasteiger partial charge in [0.15, 0.2) is 11.7 Å². The van der Waals surface area contributed by atoms with Crippen LogP contribution in [-0.4, -0.2) is 49.9 Å². The molecule has 7 nitrogen and oxygen atoms in total. The van der Waals surface area contributed by atoms with Crippen LogP contribution in [0.1, 0.15) is 23.7 Å². The van der Waals surface area contributed by atoms with Crippen LogP contribution in [0.2, 0.25) is 5.02 Å². The number of carbonyl (C=O) groups is 1. The second-order valence-corrected chi connectivity index (χ2v) is 6.83. The number of amides is 1. The lowest BCUT2D eigenvalue weighted by Gasteiger charge is -2.40. The van der Waals surface area contributed by atoms with Gasteiger partial charge in [-0.15, -0.1) is 0 Å². The van der Waals surface area contributed by atoms with Crippen molar-refractivity contribution >= 4 is 29.2 Å². The van der Waals surface area contributed by atoms with E-state index < -0.39 is 34.5 Å². The minimum Gasteiger partial charge on any atom is -0.327 e. The van der Waals surface area contributed by atoms with E-state index >= 15 is 0 Å². The highest BCUT2D eigenvalue weighted by Gasteiger charge is 2.38.